The lowest BCUT2D eigenvalue weighted by atomic mass is 10.2. The monoisotopic (exact) mass is 507 g/mol. The third-order valence-corrected chi connectivity index (χ3v) is 6.59. The molecule has 3 aromatic carbocycles. The van der Waals surface area contributed by atoms with Crippen molar-refractivity contribution >= 4 is 33.0 Å². The van der Waals surface area contributed by atoms with Gasteiger partial charge in [-0.1, -0.05) is 12.1 Å². The van der Waals surface area contributed by atoms with Crippen molar-refractivity contribution in [2.24, 2.45) is 0 Å². The van der Waals surface area contributed by atoms with Crippen LogP contribution in [0.3, 0.4) is 0 Å². The van der Waals surface area contributed by atoms with Crippen molar-refractivity contribution in [1.29, 1.82) is 0 Å². The quantitative estimate of drug-likeness (QED) is 0.345. The number of hydrogen-bond donors (Lipinski definition) is 1. The lowest BCUT2D eigenvalue weighted by molar-refractivity contribution is -0.387. The summed E-state index contributed by atoms with van der Waals surface area (Å²) in [5.74, 6) is -2.66. The van der Waals surface area contributed by atoms with Crippen molar-refractivity contribution in [3.8, 4) is 11.5 Å². The van der Waals surface area contributed by atoms with Crippen LogP contribution in [-0.4, -0.2) is 40.0 Å². The second kappa shape index (κ2) is 10.3. The molecule has 10 nitrogen and oxygen atoms in total. The minimum Gasteiger partial charge on any atom is -0.497 e. The number of halogens is 2. The number of nitrogens with one attached hydrogen (secondary N) is 1. The van der Waals surface area contributed by atoms with Gasteiger partial charge in [0, 0.05) is 18.2 Å². The second-order valence-electron chi connectivity index (χ2n) is 6.95. The van der Waals surface area contributed by atoms with Crippen molar-refractivity contribution in [3.05, 3.63) is 82.4 Å². The number of ether oxygens (including phenoxy) is 2. The number of nitro groups is 1. The molecule has 184 valence electrons. The van der Waals surface area contributed by atoms with Gasteiger partial charge in [-0.15, -0.1) is 0 Å². The summed E-state index contributed by atoms with van der Waals surface area (Å²) in [6, 6.07) is 11.1. The van der Waals surface area contributed by atoms with Crippen LogP contribution in [0.25, 0.3) is 0 Å². The van der Waals surface area contributed by atoms with Gasteiger partial charge in [-0.05, 0) is 30.3 Å². The van der Waals surface area contributed by atoms with Gasteiger partial charge >= 0.3 is 0 Å². The summed E-state index contributed by atoms with van der Waals surface area (Å²) in [5, 5.41) is 13.7. The highest BCUT2D eigenvalue weighted by atomic mass is 32.2. The van der Waals surface area contributed by atoms with E-state index in [4.69, 9.17) is 9.47 Å². The van der Waals surface area contributed by atoms with Gasteiger partial charge in [0.05, 0.1) is 30.5 Å². The number of hydrogen-bond acceptors (Lipinski definition) is 7. The maximum absolute atomic E-state index is 14.0. The molecule has 0 spiro atoms. The molecule has 0 aromatic heterocycles. The molecule has 0 atom stereocenters. The predicted molar refractivity (Wildman–Crippen MR) is 122 cm³/mol. The standard InChI is InChI=1S/C22H19F2N3O7S/c1-33-15-8-10-18(20(12-15)34-2)26(13-22(28)25-17-9-7-14(23)11-16(17)24)35(31,32)21-6-4-3-5-19(21)27(29)30/h3-12H,13H2,1-2H3,(H,25,28). The van der Waals surface area contributed by atoms with Crippen LogP contribution in [0.2, 0.25) is 0 Å². The predicted octanol–water partition coefficient (Wildman–Crippen LogP) is 3.72. The lowest BCUT2D eigenvalue weighted by Crippen LogP contribution is -2.38. The summed E-state index contributed by atoms with van der Waals surface area (Å²) in [6.45, 7) is -0.923. The summed E-state index contributed by atoms with van der Waals surface area (Å²) < 4.78 is 65.4. The number of carbonyl (C=O) groups excluding carboxylic acids is 1. The Kier molecular flexibility index (Phi) is 7.49. The Balaban J connectivity index is 2.11. The number of rotatable bonds is 9. The summed E-state index contributed by atoms with van der Waals surface area (Å²) >= 11 is 0. The molecule has 0 unspecified atom stereocenters. The third kappa shape index (κ3) is 5.46. The zero-order valence-electron chi connectivity index (χ0n) is 18.4. The van der Waals surface area contributed by atoms with Gasteiger partial charge < -0.3 is 14.8 Å². The smallest absolute Gasteiger partial charge is 0.289 e. The molecular weight excluding hydrogens is 488 g/mol. The molecule has 35 heavy (non-hydrogen) atoms. The van der Waals surface area contributed by atoms with Gasteiger partial charge in [0.25, 0.3) is 15.7 Å². The van der Waals surface area contributed by atoms with Crippen LogP contribution in [0.5, 0.6) is 11.5 Å². The molecule has 0 heterocycles. The van der Waals surface area contributed by atoms with Gasteiger partial charge in [-0.2, -0.15) is 0 Å². The van der Waals surface area contributed by atoms with Gasteiger partial charge in [0.2, 0.25) is 5.91 Å². The molecule has 13 heteroatoms. The number of para-hydroxylation sites is 1. The maximum atomic E-state index is 14.0. The lowest BCUT2D eigenvalue weighted by Gasteiger charge is -2.25. The molecule has 0 fully saturated rings. The Labute approximate surface area is 198 Å². The molecule has 0 bridgehead atoms. The Morgan fingerprint density at radius 1 is 1.06 bits per heavy atom. The topological polar surface area (TPSA) is 128 Å². The first kappa shape index (κ1) is 25.4. The van der Waals surface area contributed by atoms with Gasteiger partial charge in [-0.3, -0.25) is 19.2 Å². The van der Waals surface area contributed by atoms with E-state index >= 15 is 0 Å². The van der Waals surface area contributed by atoms with Crippen LogP contribution >= 0.6 is 0 Å². The highest BCUT2D eigenvalue weighted by molar-refractivity contribution is 7.93. The number of benzene rings is 3. The van der Waals surface area contributed by atoms with E-state index in [0.717, 1.165) is 24.3 Å². The summed E-state index contributed by atoms with van der Waals surface area (Å²) in [7, 11) is -2.10. The minimum atomic E-state index is -4.73. The van der Waals surface area contributed by atoms with E-state index in [1.807, 2.05) is 0 Å². The van der Waals surface area contributed by atoms with Crippen molar-refractivity contribution in [1.82, 2.24) is 0 Å². The van der Waals surface area contributed by atoms with Crippen LogP contribution in [0.15, 0.2) is 65.6 Å². The summed E-state index contributed by atoms with van der Waals surface area (Å²) in [6.07, 6.45) is 0. The third-order valence-electron chi connectivity index (χ3n) is 4.78. The van der Waals surface area contributed by atoms with Crippen LogP contribution in [0.1, 0.15) is 0 Å². The second-order valence-corrected chi connectivity index (χ2v) is 8.78. The zero-order chi connectivity index (χ0) is 25.8. The molecule has 3 aromatic rings. The van der Waals surface area contributed by atoms with Crippen LogP contribution in [0, 0.1) is 21.7 Å². The Hall–Kier alpha value is -4.26. The molecule has 0 aliphatic heterocycles. The van der Waals surface area contributed by atoms with Gasteiger partial charge in [-0.25, -0.2) is 17.2 Å². The molecule has 3 rings (SSSR count). The molecule has 1 N–H and O–H groups in total. The van der Waals surface area contributed by atoms with E-state index in [9.17, 15) is 32.1 Å². The Morgan fingerprint density at radius 2 is 1.77 bits per heavy atom. The highest BCUT2D eigenvalue weighted by Crippen LogP contribution is 2.37. The first-order valence-corrected chi connectivity index (χ1v) is 11.3. The van der Waals surface area contributed by atoms with Crippen molar-refractivity contribution < 1.29 is 36.4 Å². The number of sulfonamides is 1. The summed E-state index contributed by atoms with van der Waals surface area (Å²) in [5.41, 5.74) is -1.24. The van der Waals surface area contributed by atoms with E-state index in [0.29, 0.717) is 16.1 Å². The highest BCUT2D eigenvalue weighted by Gasteiger charge is 2.34. The minimum absolute atomic E-state index is 0.0210. The van der Waals surface area contributed by atoms with E-state index in [-0.39, 0.29) is 17.1 Å². The molecule has 1 amide bonds. The van der Waals surface area contributed by atoms with Crippen LogP contribution in [-0.2, 0) is 14.8 Å². The van der Waals surface area contributed by atoms with Crippen molar-refractivity contribution in [2.45, 2.75) is 4.90 Å². The Bertz CT molecular complexity index is 1380. The Morgan fingerprint density at radius 3 is 2.40 bits per heavy atom. The largest absolute Gasteiger partial charge is 0.497 e. The molecule has 0 saturated carbocycles. The van der Waals surface area contributed by atoms with Gasteiger partial charge in [0.1, 0.15) is 29.7 Å². The van der Waals surface area contributed by atoms with E-state index in [2.05, 4.69) is 5.32 Å². The molecule has 0 aliphatic rings. The number of amides is 1. The number of nitrogens with zero attached hydrogens (tertiary/aromatic N) is 2. The average Bonchev–Trinajstić information content (AvgIpc) is 2.83. The van der Waals surface area contributed by atoms with Crippen LogP contribution < -0.4 is 19.1 Å². The zero-order valence-corrected chi connectivity index (χ0v) is 19.2. The SMILES string of the molecule is COc1ccc(N(CC(=O)Nc2ccc(F)cc2F)S(=O)(=O)c2ccccc2[N+](=O)[O-])c(OC)c1. The number of anilines is 2. The summed E-state index contributed by atoms with van der Waals surface area (Å²) in [4.78, 5) is 22.7. The van der Waals surface area contributed by atoms with E-state index in [1.54, 1.807) is 0 Å². The van der Waals surface area contributed by atoms with E-state index < -0.39 is 49.6 Å². The number of methoxy groups -OCH3 is 2. The first-order valence-electron chi connectivity index (χ1n) is 9.81. The molecule has 0 saturated heterocycles. The van der Waals surface area contributed by atoms with Crippen LogP contribution in [0.4, 0.5) is 25.8 Å². The molecular formula is C22H19F2N3O7S. The van der Waals surface area contributed by atoms with E-state index in [1.165, 1.54) is 44.6 Å². The number of nitro benzene ring substituents is 1. The average molecular weight is 507 g/mol. The number of carbonyl (C=O) groups is 1. The molecule has 0 aliphatic carbocycles. The molecule has 0 radical (unpaired) electrons. The van der Waals surface area contributed by atoms with Crippen molar-refractivity contribution in [2.75, 3.05) is 30.4 Å². The fourth-order valence-electron chi connectivity index (χ4n) is 3.15. The van der Waals surface area contributed by atoms with Crippen molar-refractivity contribution in [3.63, 3.8) is 0 Å². The normalized spacial score (nSPS) is 11.0. The fraction of sp³-hybridized carbons (Fsp3) is 0.136. The maximum Gasteiger partial charge on any atom is 0.289 e. The first-order chi connectivity index (χ1) is 16.6. The fourth-order valence-corrected chi connectivity index (χ4v) is 4.74. The van der Waals surface area contributed by atoms with Gasteiger partial charge in [0.15, 0.2) is 4.90 Å².